The van der Waals surface area contributed by atoms with Gasteiger partial charge in [0.1, 0.15) is 5.75 Å². The van der Waals surface area contributed by atoms with E-state index in [1.807, 2.05) is 6.92 Å². The van der Waals surface area contributed by atoms with Crippen LogP contribution in [-0.4, -0.2) is 50.4 Å². The second-order valence-electron chi connectivity index (χ2n) is 5.35. The zero-order chi connectivity index (χ0) is 15.5. The van der Waals surface area contributed by atoms with Crippen LogP contribution in [0.15, 0.2) is 24.3 Å². The van der Waals surface area contributed by atoms with E-state index in [0.717, 1.165) is 12.2 Å². The van der Waals surface area contributed by atoms with Gasteiger partial charge in [-0.05, 0) is 37.1 Å². The molecule has 0 spiro atoms. The summed E-state index contributed by atoms with van der Waals surface area (Å²) in [5.41, 5.74) is 0.547. The van der Waals surface area contributed by atoms with E-state index in [4.69, 9.17) is 4.74 Å². The molecule has 0 bridgehead atoms. The van der Waals surface area contributed by atoms with Gasteiger partial charge >= 0.3 is 0 Å². The zero-order valence-corrected chi connectivity index (χ0v) is 13.2. The van der Waals surface area contributed by atoms with Gasteiger partial charge in [-0.1, -0.05) is 6.92 Å². The minimum absolute atomic E-state index is 0.0624. The highest BCUT2D eigenvalue weighted by Gasteiger charge is 2.32. The first-order chi connectivity index (χ1) is 9.93. The summed E-state index contributed by atoms with van der Waals surface area (Å²) in [6, 6.07) is 6.74. The van der Waals surface area contributed by atoms with Crippen molar-refractivity contribution in [2.75, 3.05) is 25.2 Å². The van der Waals surface area contributed by atoms with E-state index in [1.54, 1.807) is 31.3 Å². The molecule has 5 nitrogen and oxygen atoms in total. The van der Waals surface area contributed by atoms with Gasteiger partial charge in [0.05, 0.1) is 18.1 Å². The summed E-state index contributed by atoms with van der Waals surface area (Å²) in [4.78, 5) is 13.9. The van der Waals surface area contributed by atoms with Gasteiger partial charge < -0.3 is 9.64 Å². The van der Waals surface area contributed by atoms with Crippen molar-refractivity contribution in [3.63, 3.8) is 0 Å². The minimum atomic E-state index is -2.99. The summed E-state index contributed by atoms with van der Waals surface area (Å²) < 4.78 is 28.5. The van der Waals surface area contributed by atoms with Gasteiger partial charge in [-0.15, -0.1) is 0 Å². The van der Waals surface area contributed by atoms with Gasteiger partial charge in [-0.25, -0.2) is 8.42 Å². The molecule has 1 aliphatic heterocycles. The van der Waals surface area contributed by atoms with Crippen molar-refractivity contribution in [3.05, 3.63) is 29.8 Å². The number of hydrogen-bond donors (Lipinski definition) is 0. The molecule has 1 aromatic carbocycles. The quantitative estimate of drug-likeness (QED) is 0.831. The maximum absolute atomic E-state index is 12.4. The van der Waals surface area contributed by atoms with Crippen molar-refractivity contribution >= 4 is 15.7 Å². The van der Waals surface area contributed by atoms with Crippen LogP contribution in [0.1, 0.15) is 30.1 Å². The molecule has 0 radical (unpaired) electrons. The molecule has 0 N–H and O–H groups in total. The van der Waals surface area contributed by atoms with Crippen LogP contribution >= 0.6 is 0 Å². The third-order valence-corrected chi connectivity index (χ3v) is 5.40. The summed E-state index contributed by atoms with van der Waals surface area (Å²) >= 11 is 0. The Morgan fingerprint density at radius 2 is 2.00 bits per heavy atom. The van der Waals surface area contributed by atoms with Gasteiger partial charge in [-0.2, -0.15) is 0 Å². The summed E-state index contributed by atoms with van der Waals surface area (Å²) in [7, 11) is -1.33. The highest BCUT2D eigenvalue weighted by atomic mass is 32.2. The van der Waals surface area contributed by atoms with Crippen LogP contribution < -0.4 is 4.74 Å². The lowest BCUT2D eigenvalue weighted by molar-refractivity contribution is 0.0747. The Kier molecular flexibility index (Phi) is 4.88. The maximum Gasteiger partial charge on any atom is 0.253 e. The van der Waals surface area contributed by atoms with Crippen LogP contribution in [0.3, 0.4) is 0 Å². The zero-order valence-electron chi connectivity index (χ0n) is 12.4. The molecule has 1 heterocycles. The second-order valence-corrected chi connectivity index (χ2v) is 7.57. The molecule has 21 heavy (non-hydrogen) atoms. The third-order valence-electron chi connectivity index (χ3n) is 3.65. The minimum Gasteiger partial charge on any atom is -0.494 e. The van der Waals surface area contributed by atoms with E-state index >= 15 is 0 Å². The van der Waals surface area contributed by atoms with Crippen LogP contribution in [0.5, 0.6) is 5.75 Å². The molecule has 1 fully saturated rings. The highest BCUT2D eigenvalue weighted by Crippen LogP contribution is 2.20. The van der Waals surface area contributed by atoms with Gasteiger partial charge in [0.25, 0.3) is 5.91 Å². The Morgan fingerprint density at radius 3 is 2.52 bits per heavy atom. The Bertz CT molecular complexity index is 595. The smallest absolute Gasteiger partial charge is 0.253 e. The highest BCUT2D eigenvalue weighted by molar-refractivity contribution is 7.91. The Labute approximate surface area is 125 Å². The topological polar surface area (TPSA) is 63.7 Å². The van der Waals surface area contributed by atoms with Gasteiger partial charge in [-0.3, -0.25) is 4.79 Å². The van der Waals surface area contributed by atoms with E-state index in [-0.39, 0.29) is 23.5 Å². The van der Waals surface area contributed by atoms with Gasteiger partial charge in [0.15, 0.2) is 9.84 Å². The fourth-order valence-corrected chi connectivity index (χ4v) is 4.14. The number of amides is 1. The predicted octanol–water partition coefficient (Wildman–Crippen LogP) is 1.73. The summed E-state index contributed by atoms with van der Waals surface area (Å²) in [6.45, 7) is 2.68. The molecular formula is C15H21NO4S. The van der Waals surface area contributed by atoms with Crippen molar-refractivity contribution in [1.82, 2.24) is 4.90 Å². The number of carbonyl (C=O) groups excluding carboxylic acids is 1. The molecule has 0 saturated carbocycles. The number of ether oxygens (including phenoxy) is 1. The van der Waals surface area contributed by atoms with E-state index in [0.29, 0.717) is 18.6 Å². The average molecular weight is 311 g/mol. The van der Waals surface area contributed by atoms with Crippen molar-refractivity contribution in [2.45, 2.75) is 25.8 Å². The SMILES string of the molecule is CCCOc1ccc(C(=O)N(C)[C@@H]2CCS(=O)(=O)C2)cc1. The first kappa shape index (κ1) is 15.8. The molecule has 6 heteroatoms. The molecule has 1 atom stereocenters. The number of nitrogens with zero attached hydrogens (tertiary/aromatic N) is 1. The molecule has 116 valence electrons. The lowest BCUT2D eigenvalue weighted by atomic mass is 10.1. The first-order valence-electron chi connectivity index (χ1n) is 7.13. The standard InChI is InChI=1S/C15H21NO4S/c1-3-9-20-14-6-4-12(5-7-14)15(17)16(2)13-8-10-21(18,19)11-13/h4-7,13H,3,8-11H2,1-2H3/t13-/m1/s1. The molecule has 0 unspecified atom stereocenters. The molecule has 2 rings (SSSR count). The molecule has 1 amide bonds. The van der Waals surface area contributed by atoms with Crippen LogP contribution in [0, 0.1) is 0 Å². The third kappa shape index (κ3) is 3.97. The Morgan fingerprint density at radius 1 is 1.33 bits per heavy atom. The van der Waals surface area contributed by atoms with Crippen molar-refractivity contribution < 1.29 is 17.9 Å². The normalized spacial score (nSPS) is 20.2. The number of carbonyl (C=O) groups is 1. The average Bonchev–Trinajstić information content (AvgIpc) is 2.84. The monoisotopic (exact) mass is 311 g/mol. The number of hydrogen-bond acceptors (Lipinski definition) is 4. The maximum atomic E-state index is 12.4. The Hall–Kier alpha value is -1.56. The lowest BCUT2D eigenvalue weighted by Crippen LogP contribution is -2.37. The number of sulfone groups is 1. The summed E-state index contributed by atoms with van der Waals surface area (Å²) in [5, 5.41) is 0. The van der Waals surface area contributed by atoms with E-state index in [9.17, 15) is 13.2 Å². The molecule has 0 aromatic heterocycles. The fourth-order valence-electron chi connectivity index (χ4n) is 2.36. The lowest BCUT2D eigenvalue weighted by Gasteiger charge is -2.23. The van der Waals surface area contributed by atoms with E-state index in [2.05, 4.69) is 0 Å². The van der Waals surface area contributed by atoms with Crippen LogP contribution in [-0.2, 0) is 9.84 Å². The van der Waals surface area contributed by atoms with Gasteiger partial charge in [0.2, 0.25) is 0 Å². The number of rotatable bonds is 5. The van der Waals surface area contributed by atoms with Crippen molar-refractivity contribution in [3.8, 4) is 5.75 Å². The van der Waals surface area contributed by atoms with E-state index in [1.165, 1.54) is 4.90 Å². The summed E-state index contributed by atoms with van der Waals surface area (Å²) in [5.74, 6) is 0.810. The Balaban J connectivity index is 2.02. The van der Waals surface area contributed by atoms with Crippen LogP contribution in [0.4, 0.5) is 0 Å². The molecular weight excluding hydrogens is 290 g/mol. The molecule has 0 aliphatic carbocycles. The van der Waals surface area contributed by atoms with E-state index < -0.39 is 9.84 Å². The van der Waals surface area contributed by atoms with Crippen LogP contribution in [0.2, 0.25) is 0 Å². The molecule has 1 aromatic rings. The second kappa shape index (κ2) is 6.47. The summed E-state index contributed by atoms with van der Waals surface area (Å²) in [6.07, 6.45) is 1.45. The van der Waals surface area contributed by atoms with Gasteiger partial charge in [0, 0.05) is 18.7 Å². The first-order valence-corrected chi connectivity index (χ1v) is 8.95. The fraction of sp³-hybridized carbons (Fsp3) is 0.533. The molecule has 1 aliphatic rings. The molecule has 1 saturated heterocycles. The predicted molar refractivity (Wildman–Crippen MR) is 81.4 cm³/mol. The number of benzene rings is 1. The van der Waals surface area contributed by atoms with Crippen LogP contribution in [0.25, 0.3) is 0 Å². The largest absolute Gasteiger partial charge is 0.494 e. The van der Waals surface area contributed by atoms with Crippen molar-refractivity contribution in [2.24, 2.45) is 0 Å². The van der Waals surface area contributed by atoms with Crippen molar-refractivity contribution in [1.29, 1.82) is 0 Å².